The van der Waals surface area contributed by atoms with Gasteiger partial charge in [0, 0.05) is 43.6 Å². The Bertz CT molecular complexity index is 821. The second-order valence-corrected chi connectivity index (χ2v) is 6.43. The lowest BCUT2D eigenvalue weighted by Gasteiger charge is -2.25. The Kier molecular flexibility index (Phi) is 4.07. The van der Waals surface area contributed by atoms with Crippen LogP contribution in [0.4, 0.5) is 0 Å². The molecular formula is C19H22N4O. The van der Waals surface area contributed by atoms with Crippen molar-refractivity contribution >= 4 is 16.8 Å². The third-order valence-electron chi connectivity index (χ3n) is 4.90. The molecule has 0 bridgehead atoms. The average molecular weight is 322 g/mol. The first-order valence-electron chi connectivity index (χ1n) is 8.62. The molecule has 1 aliphatic heterocycles. The van der Waals surface area contributed by atoms with E-state index >= 15 is 0 Å². The Labute approximate surface area is 141 Å². The molecule has 5 heteroatoms. The molecule has 0 N–H and O–H groups in total. The van der Waals surface area contributed by atoms with Gasteiger partial charge in [0.05, 0.1) is 12.6 Å². The predicted octanol–water partition coefficient (Wildman–Crippen LogP) is 2.92. The molecule has 2 aromatic heterocycles. The maximum atomic E-state index is 12.7. The number of fused-ring (bicyclic) bond motifs is 1. The third kappa shape index (κ3) is 2.94. The lowest BCUT2D eigenvalue weighted by Crippen LogP contribution is -2.38. The quantitative estimate of drug-likeness (QED) is 0.725. The highest BCUT2D eigenvalue weighted by Crippen LogP contribution is 2.21. The first kappa shape index (κ1) is 15.0. The Morgan fingerprint density at radius 2 is 2.08 bits per heavy atom. The molecule has 1 atom stereocenters. The topological polar surface area (TPSA) is 43.1 Å². The summed E-state index contributed by atoms with van der Waals surface area (Å²) in [4.78, 5) is 14.7. The number of carbonyl (C=O) groups is 1. The first-order chi connectivity index (χ1) is 11.8. The Balaban J connectivity index is 1.40. The monoisotopic (exact) mass is 322 g/mol. The summed E-state index contributed by atoms with van der Waals surface area (Å²) in [7, 11) is 0. The fraction of sp³-hybridized carbons (Fsp3) is 0.368. The van der Waals surface area contributed by atoms with Crippen LogP contribution < -0.4 is 0 Å². The molecule has 0 spiro atoms. The molecule has 5 nitrogen and oxygen atoms in total. The van der Waals surface area contributed by atoms with Crippen molar-refractivity contribution in [1.82, 2.24) is 19.2 Å². The van der Waals surface area contributed by atoms with E-state index in [1.165, 1.54) is 10.9 Å². The second kappa shape index (κ2) is 6.51. The Morgan fingerprint density at radius 3 is 2.96 bits per heavy atom. The number of hydrogen-bond acceptors (Lipinski definition) is 2. The van der Waals surface area contributed by atoms with Gasteiger partial charge in [-0.3, -0.25) is 9.48 Å². The summed E-state index contributed by atoms with van der Waals surface area (Å²) in [5.41, 5.74) is 1.19. The van der Waals surface area contributed by atoms with Gasteiger partial charge in [-0.15, -0.1) is 0 Å². The van der Waals surface area contributed by atoms with Crippen LogP contribution in [0, 0.1) is 0 Å². The van der Waals surface area contributed by atoms with Crippen LogP contribution in [-0.4, -0.2) is 37.7 Å². The normalized spacial score (nSPS) is 17.7. The van der Waals surface area contributed by atoms with Crippen LogP contribution in [-0.2, 0) is 17.9 Å². The lowest BCUT2D eigenvalue weighted by atomic mass is 10.2. The summed E-state index contributed by atoms with van der Waals surface area (Å²) in [5.74, 6) is 0.252. The zero-order valence-electron chi connectivity index (χ0n) is 13.7. The van der Waals surface area contributed by atoms with E-state index in [0.717, 1.165) is 32.5 Å². The number of aromatic nitrogens is 3. The number of para-hydroxylation sites is 1. The molecule has 3 heterocycles. The van der Waals surface area contributed by atoms with Crippen molar-refractivity contribution in [3.63, 3.8) is 0 Å². The van der Waals surface area contributed by atoms with Gasteiger partial charge in [0.1, 0.15) is 0 Å². The van der Waals surface area contributed by atoms with Crippen molar-refractivity contribution in [3.8, 4) is 0 Å². The van der Waals surface area contributed by atoms with Gasteiger partial charge in [-0.1, -0.05) is 18.2 Å². The van der Waals surface area contributed by atoms with E-state index in [0.29, 0.717) is 6.42 Å². The molecular weight excluding hydrogens is 300 g/mol. The van der Waals surface area contributed by atoms with Crippen molar-refractivity contribution in [2.24, 2.45) is 0 Å². The van der Waals surface area contributed by atoms with Crippen LogP contribution in [0.25, 0.3) is 10.9 Å². The highest BCUT2D eigenvalue weighted by molar-refractivity contribution is 5.80. The minimum atomic E-state index is 0.252. The molecule has 4 rings (SSSR count). The van der Waals surface area contributed by atoms with Crippen molar-refractivity contribution in [3.05, 3.63) is 55.0 Å². The smallest absolute Gasteiger partial charge is 0.224 e. The first-order valence-corrected chi connectivity index (χ1v) is 8.62. The fourth-order valence-corrected chi connectivity index (χ4v) is 3.67. The fourth-order valence-electron chi connectivity index (χ4n) is 3.67. The molecule has 1 fully saturated rings. The van der Waals surface area contributed by atoms with Crippen LogP contribution >= 0.6 is 0 Å². The van der Waals surface area contributed by atoms with Crippen molar-refractivity contribution in [1.29, 1.82) is 0 Å². The number of carbonyl (C=O) groups excluding carboxylic acids is 1. The van der Waals surface area contributed by atoms with Crippen LogP contribution in [0.1, 0.15) is 19.3 Å². The number of aryl methyl sites for hydroxylation is 1. The van der Waals surface area contributed by atoms with Crippen molar-refractivity contribution < 1.29 is 4.79 Å². The maximum absolute atomic E-state index is 12.7. The van der Waals surface area contributed by atoms with Crippen LogP contribution in [0.2, 0.25) is 0 Å². The molecule has 3 aromatic rings. The van der Waals surface area contributed by atoms with Gasteiger partial charge in [0.15, 0.2) is 0 Å². The molecule has 0 radical (unpaired) electrons. The van der Waals surface area contributed by atoms with Crippen molar-refractivity contribution in [2.45, 2.75) is 38.4 Å². The Morgan fingerprint density at radius 1 is 1.17 bits per heavy atom. The van der Waals surface area contributed by atoms with E-state index in [9.17, 15) is 4.79 Å². The number of likely N-dealkylation sites (tertiary alicyclic amines) is 1. The molecule has 1 aromatic carbocycles. The standard InChI is InChI=1S/C19H22N4O/c24-19(9-14-21-13-8-16-5-1-2-7-18(16)21)23-12-3-6-17(23)15-22-11-4-10-20-22/h1-2,4-5,7-8,10-11,13,17H,3,6,9,12,14-15H2. The summed E-state index contributed by atoms with van der Waals surface area (Å²) in [6.45, 7) is 2.40. The minimum Gasteiger partial charge on any atom is -0.347 e. The summed E-state index contributed by atoms with van der Waals surface area (Å²) >= 11 is 0. The zero-order valence-corrected chi connectivity index (χ0v) is 13.7. The van der Waals surface area contributed by atoms with E-state index in [2.05, 4.69) is 34.1 Å². The minimum absolute atomic E-state index is 0.252. The molecule has 124 valence electrons. The summed E-state index contributed by atoms with van der Waals surface area (Å²) < 4.78 is 4.10. The number of rotatable bonds is 5. The molecule has 1 saturated heterocycles. The van der Waals surface area contributed by atoms with Gasteiger partial charge in [0.25, 0.3) is 0 Å². The van der Waals surface area contributed by atoms with E-state index in [1.54, 1.807) is 6.20 Å². The van der Waals surface area contributed by atoms with Gasteiger partial charge < -0.3 is 9.47 Å². The SMILES string of the molecule is O=C(CCn1ccc2ccccc21)N1CCCC1Cn1cccn1. The molecule has 1 unspecified atom stereocenters. The number of hydrogen-bond donors (Lipinski definition) is 0. The van der Waals surface area contributed by atoms with Gasteiger partial charge >= 0.3 is 0 Å². The van der Waals surface area contributed by atoms with E-state index < -0.39 is 0 Å². The van der Waals surface area contributed by atoms with E-state index in [4.69, 9.17) is 0 Å². The second-order valence-electron chi connectivity index (χ2n) is 6.43. The predicted molar refractivity (Wildman–Crippen MR) is 93.5 cm³/mol. The highest BCUT2D eigenvalue weighted by atomic mass is 16.2. The molecule has 0 saturated carbocycles. The van der Waals surface area contributed by atoms with E-state index in [1.807, 2.05) is 34.0 Å². The highest BCUT2D eigenvalue weighted by Gasteiger charge is 2.28. The maximum Gasteiger partial charge on any atom is 0.224 e. The van der Waals surface area contributed by atoms with Gasteiger partial charge in [-0.25, -0.2) is 0 Å². The zero-order chi connectivity index (χ0) is 16.4. The number of benzene rings is 1. The lowest BCUT2D eigenvalue weighted by molar-refractivity contribution is -0.132. The largest absolute Gasteiger partial charge is 0.347 e. The summed E-state index contributed by atoms with van der Waals surface area (Å²) in [6, 6.07) is 12.6. The Hall–Kier alpha value is -2.56. The number of amides is 1. The summed E-state index contributed by atoms with van der Waals surface area (Å²) in [6.07, 6.45) is 8.53. The number of nitrogens with zero attached hydrogens (tertiary/aromatic N) is 4. The van der Waals surface area contributed by atoms with Crippen LogP contribution in [0.5, 0.6) is 0 Å². The van der Waals surface area contributed by atoms with Crippen LogP contribution in [0.3, 0.4) is 0 Å². The molecule has 24 heavy (non-hydrogen) atoms. The molecule has 1 aliphatic rings. The third-order valence-corrected chi connectivity index (χ3v) is 4.90. The van der Waals surface area contributed by atoms with E-state index in [-0.39, 0.29) is 11.9 Å². The molecule has 1 amide bonds. The van der Waals surface area contributed by atoms with Gasteiger partial charge in [-0.05, 0) is 36.4 Å². The molecule has 0 aliphatic carbocycles. The van der Waals surface area contributed by atoms with Crippen LogP contribution in [0.15, 0.2) is 55.0 Å². The summed E-state index contributed by atoms with van der Waals surface area (Å²) in [5, 5.41) is 5.49. The van der Waals surface area contributed by atoms with Gasteiger partial charge in [0.2, 0.25) is 5.91 Å². The van der Waals surface area contributed by atoms with Crippen molar-refractivity contribution in [2.75, 3.05) is 6.54 Å². The van der Waals surface area contributed by atoms with Gasteiger partial charge in [-0.2, -0.15) is 5.10 Å². The average Bonchev–Trinajstić information content (AvgIpc) is 3.34.